The second-order valence-electron chi connectivity index (χ2n) is 9.53. The SMILES string of the molecule is CCOC(=O)c1cn(C(CC)C(C)(C)COC)c(/C(=C2\C=CC=C(O)\C2=N\C)C(C)CC)cc1=O. The molecule has 7 heteroatoms. The van der Waals surface area contributed by atoms with E-state index in [0.717, 1.165) is 24.0 Å². The topological polar surface area (TPSA) is 90.1 Å². The van der Waals surface area contributed by atoms with Crippen LogP contribution in [0.15, 0.2) is 51.6 Å². The molecule has 1 heterocycles. The molecule has 7 nitrogen and oxygen atoms in total. The Hall–Kier alpha value is -2.93. The minimum atomic E-state index is -0.635. The van der Waals surface area contributed by atoms with E-state index < -0.39 is 11.4 Å². The summed E-state index contributed by atoms with van der Waals surface area (Å²) in [6.45, 7) is 12.9. The molecule has 1 aromatic rings. The van der Waals surface area contributed by atoms with Gasteiger partial charge in [0.05, 0.1) is 13.2 Å². The highest BCUT2D eigenvalue weighted by atomic mass is 16.5. The van der Waals surface area contributed by atoms with E-state index in [0.29, 0.717) is 18.0 Å². The normalized spacial score (nSPS) is 18.3. The second kappa shape index (κ2) is 12.2. The molecule has 0 spiro atoms. The molecule has 0 fully saturated rings. The zero-order chi connectivity index (χ0) is 26.3. The fourth-order valence-corrected chi connectivity index (χ4v) is 4.82. The molecular weight excluding hydrogens is 444 g/mol. The van der Waals surface area contributed by atoms with Crippen LogP contribution in [0.1, 0.15) is 76.5 Å². The van der Waals surface area contributed by atoms with Gasteiger partial charge in [0.25, 0.3) is 0 Å². The van der Waals surface area contributed by atoms with Crippen molar-refractivity contribution >= 4 is 17.3 Å². The zero-order valence-corrected chi connectivity index (χ0v) is 22.3. The van der Waals surface area contributed by atoms with Crippen molar-refractivity contribution in [3.63, 3.8) is 0 Å². The lowest BCUT2D eigenvalue weighted by molar-refractivity contribution is 0.0515. The Kier molecular flexibility index (Phi) is 9.83. The summed E-state index contributed by atoms with van der Waals surface area (Å²) in [6.07, 6.45) is 8.48. The van der Waals surface area contributed by atoms with Crippen molar-refractivity contribution in [2.24, 2.45) is 16.3 Å². The van der Waals surface area contributed by atoms with Gasteiger partial charge in [0.2, 0.25) is 0 Å². The third kappa shape index (κ3) is 6.01. The van der Waals surface area contributed by atoms with Crippen molar-refractivity contribution < 1.29 is 19.4 Å². The smallest absolute Gasteiger partial charge is 0.343 e. The van der Waals surface area contributed by atoms with Gasteiger partial charge in [-0.25, -0.2) is 4.79 Å². The monoisotopic (exact) mass is 484 g/mol. The van der Waals surface area contributed by atoms with Crippen molar-refractivity contribution in [3.8, 4) is 0 Å². The Morgan fingerprint density at radius 3 is 2.46 bits per heavy atom. The molecule has 1 aliphatic rings. The van der Waals surface area contributed by atoms with Crippen LogP contribution in [0.25, 0.3) is 5.57 Å². The van der Waals surface area contributed by atoms with Crippen molar-refractivity contribution in [1.29, 1.82) is 0 Å². The molecule has 0 saturated heterocycles. The first-order valence-corrected chi connectivity index (χ1v) is 12.3. The lowest BCUT2D eigenvalue weighted by Crippen LogP contribution is -2.34. The Balaban J connectivity index is 3.01. The van der Waals surface area contributed by atoms with Crippen molar-refractivity contribution in [1.82, 2.24) is 4.57 Å². The van der Waals surface area contributed by atoms with E-state index in [9.17, 15) is 14.7 Å². The Morgan fingerprint density at radius 1 is 1.23 bits per heavy atom. The molecule has 2 unspecified atom stereocenters. The highest BCUT2D eigenvalue weighted by Gasteiger charge is 2.33. The predicted octanol–water partition coefficient (Wildman–Crippen LogP) is 5.53. The number of aliphatic imine (C=N–C) groups is 1. The van der Waals surface area contributed by atoms with E-state index in [1.54, 1.807) is 39.4 Å². The van der Waals surface area contributed by atoms with E-state index >= 15 is 0 Å². The lowest BCUT2D eigenvalue weighted by Gasteiger charge is -2.38. The van der Waals surface area contributed by atoms with Crippen LogP contribution in [0, 0.1) is 11.3 Å². The molecule has 0 bridgehead atoms. The molecular formula is C28H40N2O5. The summed E-state index contributed by atoms with van der Waals surface area (Å²) in [7, 11) is 3.31. The van der Waals surface area contributed by atoms with Crippen LogP contribution in [-0.2, 0) is 9.47 Å². The van der Waals surface area contributed by atoms with Crippen LogP contribution in [-0.4, -0.2) is 48.7 Å². The van der Waals surface area contributed by atoms with Gasteiger partial charge >= 0.3 is 5.97 Å². The molecule has 0 aromatic carbocycles. The molecule has 0 radical (unpaired) electrons. The van der Waals surface area contributed by atoms with Crippen LogP contribution in [0.4, 0.5) is 0 Å². The number of aliphatic hydroxyl groups is 1. The summed E-state index contributed by atoms with van der Waals surface area (Å²) >= 11 is 0. The number of hydrogen-bond donors (Lipinski definition) is 1. The van der Waals surface area contributed by atoms with Crippen LogP contribution in [0.2, 0.25) is 0 Å². The maximum Gasteiger partial charge on any atom is 0.343 e. The van der Waals surface area contributed by atoms with Gasteiger partial charge in [-0.1, -0.05) is 46.8 Å². The molecule has 1 aromatic heterocycles. The van der Waals surface area contributed by atoms with Crippen LogP contribution in [0.3, 0.4) is 0 Å². The first-order valence-electron chi connectivity index (χ1n) is 12.3. The number of hydrogen-bond acceptors (Lipinski definition) is 6. The number of carbonyl (C=O) groups is 1. The highest BCUT2D eigenvalue weighted by molar-refractivity contribution is 6.18. The first kappa shape index (κ1) is 28.3. The van der Waals surface area contributed by atoms with Crippen LogP contribution < -0.4 is 5.43 Å². The third-order valence-electron chi connectivity index (χ3n) is 6.63. The molecule has 35 heavy (non-hydrogen) atoms. The summed E-state index contributed by atoms with van der Waals surface area (Å²) in [5.74, 6) is -0.516. The van der Waals surface area contributed by atoms with E-state index in [1.807, 2.05) is 10.6 Å². The summed E-state index contributed by atoms with van der Waals surface area (Å²) < 4.78 is 12.7. The van der Waals surface area contributed by atoms with Crippen LogP contribution in [0.5, 0.6) is 0 Å². The van der Waals surface area contributed by atoms with Gasteiger partial charge in [-0.05, 0) is 37.3 Å². The van der Waals surface area contributed by atoms with Crippen LogP contribution >= 0.6 is 0 Å². The third-order valence-corrected chi connectivity index (χ3v) is 6.63. The first-order chi connectivity index (χ1) is 16.6. The fraction of sp³-hybridized carbons (Fsp3) is 0.536. The number of carbonyl (C=O) groups excluding carboxylic acids is 1. The molecule has 192 valence electrons. The molecule has 1 aliphatic carbocycles. The molecule has 2 atom stereocenters. The molecule has 0 saturated carbocycles. The van der Waals surface area contributed by atoms with Crippen molar-refractivity contribution in [3.05, 3.63) is 63.3 Å². The maximum atomic E-state index is 13.2. The Bertz CT molecular complexity index is 1100. The zero-order valence-electron chi connectivity index (χ0n) is 22.3. The Morgan fingerprint density at radius 2 is 1.91 bits per heavy atom. The number of aromatic nitrogens is 1. The average molecular weight is 485 g/mol. The number of esters is 1. The lowest BCUT2D eigenvalue weighted by atomic mass is 9.81. The highest BCUT2D eigenvalue weighted by Crippen LogP contribution is 2.39. The number of nitrogens with zero attached hydrogens (tertiary/aromatic N) is 2. The predicted molar refractivity (Wildman–Crippen MR) is 141 cm³/mol. The summed E-state index contributed by atoms with van der Waals surface area (Å²) in [5, 5.41) is 10.5. The minimum Gasteiger partial charge on any atom is -0.506 e. The van der Waals surface area contributed by atoms with Gasteiger partial charge in [0, 0.05) is 49.1 Å². The van der Waals surface area contributed by atoms with Crippen molar-refractivity contribution in [2.45, 2.75) is 60.4 Å². The number of methoxy groups -OCH3 is 1. The number of aliphatic hydroxyl groups excluding tert-OH is 1. The quantitative estimate of drug-likeness (QED) is 0.441. The van der Waals surface area contributed by atoms with Gasteiger partial charge in [-0.15, -0.1) is 0 Å². The summed E-state index contributed by atoms with van der Waals surface area (Å²) in [5.41, 5.74) is 2.12. The minimum absolute atomic E-state index is 0.00193. The van der Waals surface area contributed by atoms with Gasteiger partial charge in [-0.3, -0.25) is 9.79 Å². The molecule has 2 rings (SSSR count). The molecule has 1 N–H and O–H groups in total. The Labute approximate surface area is 208 Å². The molecule has 0 amide bonds. The van der Waals surface area contributed by atoms with Crippen molar-refractivity contribution in [2.75, 3.05) is 27.4 Å². The largest absolute Gasteiger partial charge is 0.506 e. The number of pyridine rings is 1. The fourth-order valence-electron chi connectivity index (χ4n) is 4.82. The summed E-state index contributed by atoms with van der Waals surface area (Å²) in [6, 6.07) is 1.44. The van der Waals surface area contributed by atoms with Gasteiger partial charge < -0.3 is 19.1 Å². The van der Waals surface area contributed by atoms with E-state index in [4.69, 9.17) is 9.47 Å². The second-order valence-corrected chi connectivity index (χ2v) is 9.53. The average Bonchev–Trinajstić information content (AvgIpc) is 2.80. The summed E-state index contributed by atoms with van der Waals surface area (Å²) in [4.78, 5) is 30.3. The maximum absolute atomic E-state index is 13.2. The van der Waals surface area contributed by atoms with Gasteiger partial charge in [0.15, 0.2) is 5.43 Å². The van der Waals surface area contributed by atoms with E-state index in [2.05, 4.69) is 39.6 Å². The number of ether oxygens (including phenoxy) is 2. The number of rotatable bonds is 10. The number of allylic oxidation sites excluding steroid dienone is 5. The van der Waals surface area contributed by atoms with Gasteiger partial charge in [-0.2, -0.15) is 0 Å². The molecule has 0 aliphatic heterocycles. The van der Waals surface area contributed by atoms with E-state index in [1.165, 1.54) is 6.07 Å². The standard InChI is InChI=1S/C28H40N2O5/c1-9-18(4)25(19-13-12-14-22(31)26(19)29-7)21-15-23(32)20(27(33)35-11-3)16-30(21)24(10-2)28(5,6)17-34-8/h12-16,18,24,31H,9-11,17H2,1-8H3/b25-19+,29-26+. The van der Waals surface area contributed by atoms with Gasteiger partial charge in [0.1, 0.15) is 17.0 Å². The van der Waals surface area contributed by atoms with E-state index in [-0.39, 0.29) is 35.3 Å².